The van der Waals surface area contributed by atoms with Crippen LogP contribution in [0.4, 0.5) is 5.69 Å². The Hall–Kier alpha value is -2.95. The lowest BCUT2D eigenvalue weighted by atomic mass is 10.1. The van der Waals surface area contributed by atoms with Crippen molar-refractivity contribution in [3.05, 3.63) is 65.2 Å². The van der Waals surface area contributed by atoms with Crippen molar-refractivity contribution in [3.8, 4) is 0 Å². The van der Waals surface area contributed by atoms with Crippen molar-refractivity contribution < 1.29 is 19.1 Å². The molecule has 1 N–H and O–H groups in total. The molecule has 26 heavy (non-hydrogen) atoms. The lowest BCUT2D eigenvalue weighted by molar-refractivity contribution is -0.143. The van der Waals surface area contributed by atoms with Gasteiger partial charge in [-0.25, -0.2) is 0 Å². The molecule has 0 aliphatic heterocycles. The molecular weight excluding hydrogens is 330 g/mol. The van der Waals surface area contributed by atoms with Gasteiger partial charge in [0, 0.05) is 17.7 Å². The number of hydrogen-bond acceptors (Lipinski definition) is 4. The third kappa shape index (κ3) is 5.84. The maximum absolute atomic E-state index is 12.0. The Morgan fingerprint density at radius 2 is 1.65 bits per heavy atom. The molecule has 0 aromatic heterocycles. The molecule has 0 unspecified atom stereocenters. The van der Waals surface area contributed by atoms with Crippen molar-refractivity contribution >= 4 is 23.3 Å². The van der Waals surface area contributed by atoms with Gasteiger partial charge in [-0.2, -0.15) is 0 Å². The van der Waals surface area contributed by atoms with Gasteiger partial charge in [0.2, 0.25) is 5.91 Å². The highest BCUT2D eigenvalue weighted by molar-refractivity contribution is 5.98. The van der Waals surface area contributed by atoms with E-state index < -0.39 is 5.97 Å². The van der Waals surface area contributed by atoms with Gasteiger partial charge < -0.3 is 10.1 Å². The zero-order valence-corrected chi connectivity index (χ0v) is 15.1. The van der Waals surface area contributed by atoms with E-state index in [1.54, 1.807) is 12.1 Å². The highest BCUT2D eigenvalue weighted by Gasteiger charge is 2.12. The minimum Gasteiger partial charge on any atom is -0.457 e. The topological polar surface area (TPSA) is 72.5 Å². The summed E-state index contributed by atoms with van der Waals surface area (Å²) in [5.74, 6) is -1.09. The van der Waals surface area contributed by atoms with Crippen LogP contribution in [-0.2, 0) is 20.7 Å². The number of carbonyl (C=O) groups excluding carboxylic acids is 3. The molecule has 5 nitrogen and oxygen atoms in total. The Morgan fingerprint density at radius 3 is 2.35 bits per heavy atom. The predicted octanol–water partition coefficient (Wildman–Crippen LogP) is 3.70. The first kappa shape index (κ1) is 19.4. The monoisotopic (exact) mass is 353 g/mol. The smallest absolute Gasteiger partial charge is 0.306 e. The van der Waals surface area contributed by atoms with Gasteiger partial charge in [0.1, 0.15) is 0 Å². The van der Waals surface area contributed by atoms with Crippen molar-refractivity contribution in [2.75, 3.05) is 11.9 Å². The zero-order chi connectivity index (χ0) is 18.9. The van der Waals surface area contributed by atoms with Gasteiger partial charge in [-0.05, 0) is 25.0 Å². The molecule has 2 aromatic rings. The van der Waals surface area contributed by atoms with Crippen molar-refractivity contribution in [1.82, 2.24) is 0 Å². The number of rotatable bonds is 8. The molecule has 0 atom stereocenters. The third-order valence-electron chi connectivity index (χ3n) is 3.97. The number of hydrogen-bond donors (Lipinski definition) is 1. The van der Waals surface area contributed by atoms with E-state index >= 15 is 0 Å². The summed E-state index contributed by atoms with van der Waals surface area (Å²) in [6.45, 7) is 3.62. The lowest BCUT2D eigenvalue weighted by Gasteiger charge is -2.09. The zero-order valence-electron chi connectivity index (χ0n) is 15.1. The van der Waals surface area contributed by atoms with E-state index in [0.717, 1.165) is 23.2 Å². The van der Waals surface area contributed by atoms with Gasteiger partial charge in [-0.3, -0.25) is 14.4 Å². The molecule has 0 saturated carbocycles. The fourth-order valence-corrected chi connectivity index (χ4v) is 2.42. The first-order valence-electron chi connectivity index (χ1n) is 8.63. The van der Waals surface area contributed by atoms with Crippen LogP contribution in [0.1, 0.15) is 41.3 Å². The van der Waals surface area contributed by atoms with Crippen LogP contribution in [0.2, 0.25) is 0 Å². The SMILES string of the molecule is CCc1ccccc1NC(=O)CCC(=O)OCC(=O)c1ccc(C)cc1. The molecule has 0 aliphatic carbocycles. The second-order valence-electron chi connectivity index (χ2n) is 6.01. The Labute approximate surface area is 153 Å². The number of ether oxygens (including phenoxy) is 1. The summed E-state index contributed by atoms with van der Waals surface area (Å²) in [6, 6.07) is 14.6. The molecule has 2 rings (SSSR count). The quantitative estimate of drug-likeness (QED) is 0.580. The van der Waals surface area contributed by atoms with Crippen molar-refractivity contribution in [2.24, 2.45) is 0 Å². The van der Waals surface area contributed by atoms with Gasteiger partial charge >= 0.3 is 5.97 Å². The second kappa shape index (κ2) is 9.51. The van der Waals surface area contributed by atoms with E-state index in [9.17, 15) is 14.4 Å². The van der Waals surface area contributed by atoms with E-state index in [1.807, 2.05) is 50.2 Å². The van der Waals surface area contributed by atoms with Crippen LogP contribution in [0.3, 0.4) is 0 Å². The highest BCUT2D eigenvalue weighted by Crippen LogP contribution is 2.15. The average Bonchev–Trinajstić information content (AvgIpc) is 2.65. The summed E-state index contributed by atoms with van der Waals surface area (Å²) in [5.41, 5.74) is 3.33. The van der Waals surface area contributed by atoms with Gasteiger partial charge in [-0.15, -0.1) is 0 Å². The van der Waals surface area contributed by atoms with Crippen LogP contribution in [0, 0.1) is 6.92 Å². The van der Waals surface area contributed by atoms with Crippen LogP contribution in [-0.4, -0.2) is 24.3 Å². The Balaban J connectivity index is 1.75. The van der Waals surface area contributed by atoms with E-state index in [0.29, 0.717) is 5.56 Å². The van der Waals surface area contributed by atoms with Gasteiger partial charge in [-0.1, -0.05) is 55.0 Å². The number of para-hydroxylation sites is 1. The minimum absolute atomic E-state index is 0.00953. The summed E-state index contributed by atoms with van der Waals surface area (Å²) in [7, 11) is 0. The number of carbonyl (C=O) groups is 3. The largest absolute Gasteiger partial charge is 0.457 e. The van der Waals surface area contributed by atoms with E-state index in [4.69, 9.17) is 4.74 Å². The first-order valence-corrected chi connectivity index (χ1v) is 8.63. The molecule has 0 saturated heterocycles. The summed E-state index contributed by atoms with van der Waals surface area (Å²) in [5, 5.41) is 2.80. The van der Waals surface area contributed by atoms with Crippen LogP contribution < -0.4 is 5.32 Å². The molecule has 0 aliphatic rings. The van der Waals surface area contributed by atoms with Gasteiger partial charge in [0.25, 0.3) is 0 Å². The second-order valence-corrected chi connectivity index (χ2v) is 6.01. The third-order valence-corrected chi connectivity index (χ3v) is 3.97. The number of nitrogens with one attached hydrogen (secondary N) is 1. The normalized spacial score (nSPS) is 10.2. The molecular formula is C21H23NO4. The molecule has 136 valence electrons. The van der Waals surface area contributed by atoms with Crippen LogP contribution >= 0.6 is 0 Å². The molecule has 0 fully saturated rings. The maximum Gasteiger partial charge on any atom is 0.306 e. The molecule has 1 amide bonds. The van der Waals surface area contributed by atoms with Crippen LogP contribution in [0.5, 0.6) is 0 Å². The van der Waals surface area contributed by atoms with Crippen LogP contribution in [0.15, 0.2) is 48.5 Å². The Kier molecular flexibility index (Phi) is 7.09. The molecule has 0 bridgehead atoms. The number of aryl methyl sites for hydroxylation is 2. The molecule has 2 aromatic carbocycles. The van der Waals surface area contributed by atoms with Crippen molar-refractivity contribution in [3.63, 3.8) is 0 Å². The van der Waals surface area contributed by atoms with E-state index in [-0.39, 0.29) is 31.1 Å². The minimum atomic E-state index is -0.565. The summed E-state index contributed by atoms with van der Waals surface area (Å²) < 4.78 is 4.97. The number of Topliss-reactive ketones (excluding diaryl/α,β-unsaturated/α-hetero) is 1. The number of benzene rings is 2. The number of amides is 1. The van der Waals surface area contributed by atoms with Crippen molar-refractivity contribution in [1.29, 1.82) is 0 Å². The Morgan fingerprint density at radius 1 is 0.962 bits per heavy atom. The summed E-state index contributed by atoms with van der Waals surface area (Å²) in [6.07, 6.45) is 0.747. The van der Waals surface area contributed by atoms with Gasteiger partial charge in [0.05, 0.1) is 6.42 Å². The average molecular weight is 353 g/mol. The molecule has 5 heteroatoms. The molecule has 0 heterocycles. The molecule has 0 spiro atoms. The highest BCUT2D eigenvalue weighted by atomic mass is 16.5. The maximum atomic E-state index is 12.0. The fraction of sp³-hybridized carbons (Fsp3) is 0.286. The van der Waals surface area contributed by atoms with E-state index in [1.165, 1.54) is 0 Å². The molecule has 0 radical (unpaired) electrons. The summed E-state index contributed by atoms with van der Waals surface area (Å²) in [4.78, 5) is 35.7. The predicted molar refractivity (Wildman–Crippen MR) is 100 cm³/mol. The van der Waals surface area contributed by atoms with Crippen LogP contribution in [0.25, 0.3) is 0 Å². The summed E-state index contributed by atoms with van der Waals surface area (Å²) >= 11 is 0. The fourth-order valence-electron chi connectivity index (χ4n) is 2.42. The number of anilines is 1. The van der Waals surface area contributed by atoms with E-state index in [2.05, 4.69) is 5.32 Å². The lowest BCUT2D eigenvalue weighted by Crippen LogP contribution is -2.18. The number of esters is 1. The Bertz CT molecular complexity index is 781. The number of ketones is 1. The first-order chi connectivity index (χ1) is 12.5. The van der Waals surface area contributed by atoms with Gasteiger partial charge in [0.15, 0.2) is 12.4 Å². The standard InChI is InChI=1S/C21H23NO4/c1-3-16-6-4-5-7-18(16)22-20(24)12-13-21(25)26-14-19(23)17-10-8-15(2)9-11-17/h4-11H,3,12-14H2,1-2H3,(H,22,24). The van der Waals surface area contributed by atoms with Crippen molar-refractivity contribution in [2.45, 2.75) is 33.1 Å².